The van der Waals surface area contributed by atoms with Crippen molar-refractivity contribution in [3.63, 3.8) is 0 Å². The Kier molecular flexibility index (Phi) is 36.1. The van der Waals surface area contributed by atoms with Crippen molar-refractivity contribution >= 4 is 45.2 Å². The number of aliphatic carboxylic acids is 3. The molecule has 0 bridgehead atoms. The Balaban J connectivity index is -0.000000130. The van der Waals surface area contributed by atoms with Crippen LogP contribution in [0.4, 0.5) is 0 Å². The summed E-state index contributed by atoms with van der Waals surface area (Å²) in [5.74, 6) is -2.80. The van der Waals surface area contributed by atoms with E-state index in [-0.39, 0.29) is 46.6 Å². The van der Waals surface area contributed by atoms with Crippen molar-refractivity contribution in [2.45, 2.75) is 97.8 Å². The molecule has 0 aliphatic rings. The summed E-state index contributed by atoms with van der Waals surface area (Å²) in [6.45, 7) is 6.11. The third-order valence-electron chi connectivity index (χ3n) is 2.95. The normalized spacial score (nSPS) is 8.76. The van der Waals surface area contributed by atoms with E-state index < -0.39 is 17.9 Å². The molecule has 0 N–H and O–H groups in total. The number of hydrogen-bond donors (Lipinski definition) is 0. The second-order valence-electron chi connectivity index (χ2n) is 5.49. The van der Waals surface area contributed by atoms with Crippen molar-refractivity contribution in [3.05, 3.63) is 0 Å². The number of rotatable bonds is 12. The van der Waals surface area contributed by atoms with Crippen molar-refractivity contribution in [2.75, 3.05) is 0 Å². The summed E-state index contributed by atoms with van der Waals surface area (Å²) in [4.78, 5) is 29.3. The Bertz CT molecular complexity index is 260. The van der Waals surface area contributed by atoms with Crippen LogP contribution in [0.25, 0.3) is 0 Å². The molecule has 0 aromatic rings. The SMILES string of the molecule is CCCCCC(=O)[O-].CCCCCC(=O)[O-].CCCCCC(=O)[O-].[Tl+3]. The van der Waals surface area contributed by atoms with E-state index in [1.165, 1.54) is 0 Å². The smallest absolute Gasteiger partial charge is 0.550 e. The fourth-order valence-electron chi connectivity index (χ4n) is 1.56. The molecule has 0 saturated heterocycles. The van der Waals surface area contributed by atoms with Gasteiger partial charge < -0.3 is 29.7 Å². The zero-order chi connectivity index (χ0) is 19.2. The average Bonchev–Trinajstić information content (AvgIpc) is 2.48. The van der Waals surface area contributed by atoms with Crippen LogP contribution in [0.5, 0.6) is 0 Å². The molecule has 144 valence electrons. The Morgan fingerprint density at radius 1 is 0.520 bits per heavy atom. The minimum absolute atomic E-state index is 0. The van der Waals surface area contributed by atoms with Crippen molar-refractivity contribution < 1.29 is 29.7 Å². The van der Waals surface area contributed by atoms with E-state index in [2.05, 4.69) is 0 Å². The van der Waals surface area contributed by atoms with E-state index in [0.29, 0.717) is 0 Å². The molecule has 7 heteroatoms. The molecule has 0 aliphatic carbocycles. The third-order valence-corrected chi connectivity index (χ3v) is 2.95. The van der Waals surface area contributed by atoms with Gasteiger partial charge in [0.2, 0.25) is 0 Å². The van der Waals surface area contributed by atoms with Crippen LogP contribution in [0.1, 0.15) is 97.8 Å². The Morgan fingerprint density at radius 3 is 0.840 bits per heavy atom. The molecule has 0 unspecified atom stereocenters. The van der Waals surface area contributed by atoms with Crippen molar-refractivity contribution in [2.24, 2.45) is 0 Å². The molecule has 0 fully saturated rings. The van der Waals surface area contributed by atoms with Crippen LogP contribution in [0, 0.1) is 0 Å². The summed E-state index contributed by atoms with van der Waals surface area (Å²) in [5.41, 5.74) is 0. The first-order valence-electron chi connectivity index (χ1n) is 8.91. The molecule has 0 heterocycles. The Labute approximate surface area is 172 Å². The zero-order valence-electron chi connectivity index (χ0n) is 16.0. The van der Waals surface area contributed by atoms with Crippen LogP contribution >= 0.6 is 0 Å². The molecule has 0 atom stereocenters. The molecule has 0 aliphatic heterocycles. The van der Waals surface area contributed by atoms with Crippen LogP contribution in [0.2, 0.25) is 0 Å². The van der Waals surface area contributed by atoms with Crippen LogP contribution in [0.15, 0.2) is 0 Å². The molecule has 25 heavy (non-hydrogen) atoms. The first kappa shape index (κ1) is 32.0. The van der Waals surface area contributed by atoms with Crippen LogP contribution in [-0.4, -0.2) is 45.2 Å². The minimum atomic E-state index is -0.932. The summed E-state index contributed by atoms with van der Waals surface area (Å²) in [5, 5.41) is 29.3. The van der Waals surface area contributed by atoms with Gasteiger partial charge in [-0.2, -0.15) is 0 Å². The van der Waals surface area contributed by atoms with E-state index in [0.717, 1.165) is 57.8 Å². The Morgan fingerprint density at radius 2 is 0.720 bits per heavy atom. The number of carbonyl (C=O) groups excluding carboxylic acids is 3. The zero-order valence-corrected chi connectivity index (χ0v) is 20.5. The van der Waals surface area contributed by atoms with Crippen molar-refractivity contribution in [3.8, 4) is 0 Å². The fraction of sp³-hybridized carbons (Fsp3) is 0.833. The van der Waals surface area contributed by atoms with E-state index in [4.69, 9.17) is 0 Å². The topological polar surface area (TPSA) is 120 Å². The van der Waals surface area contributed by atoms with Crippen LogP contribution in [0.3, 0.4) is 0 Å². The summed E-state index contributed by atoms with van der Waals surface area (Å²) < 4.78 is 0. The molecule has 6 nitrogen and oxygen atoms in total. The molecule has 0 saturated carbocycles. The van der Waals surface area contributed by atoms with Gasteiger partial charge in [-0.1, -0.05) is 59.3 Å². The summed E-state index contributed by atoms with van der Waals surface area (Å²) in [7, 11) is 0. The van der Waals surface area contributed by atoms with Gasteiger partial charge in [0.15, 0.2) is 0 Å². The van der Waals surface area contributed by atoms with Gasteiger partial charge in [-0.05, 0) is 38.5 Å². The average molecular weight is 550 g/mol. The van der Waals surface area contributed by atoms with Gasteiger partial charge in [0.25, 0.3) is 0 Å². The maximum absolute atomic E-state index is 9.76. The number of carbonyl (C=O) groups is 3. The van der Waals surface area contributed by atoms with Gasteiger partial charge >= 0.3 is 27.3 Å². The van der Waals surface area contributed by atoms with E-state index in [1.54, 1.807) is 0 Å². The standard InChI is InChI=1S/3C6H12O2.Tl/c3*1-2-3-4-5-6(7)8;/h3*2-5H2,1H3,(H,7,8);/q;;;+3/p-3. The summed E-state index contributed by atoms with van der Waals surface area (Å²) in [6, 6.07) is 0. The minimum Gasteiger partial charge on any atom is -0.550 e. The third kappa shape index (κ3) is 51.7. The van der Waals surface area contributed by atoms with Crippen molar-refractivity contribution in [1.82, 2.24) is 0 Å². The molecule has 0 radical (unpaired) electrons. The number of carboxylic acids is 3. The Hall–Kier alpha value is -0.668. The number of unbranched alkanes of at least 4 members (excludes halogenated alkanes) is 6. The molecule has 0 aromatic carbocycles. The quantitative estimate of drug-likeness (QED) is 0.259. The first-order valence-corrected chi connectivity index (χ1v) is 8.91. The summed E-state index contributed by atoms with van der Waals surface area (Å²) >= 11 is 0. The van der Waals surface area contributed by atoms with E-state index in [9.17, 15) is 29.7 Å². The predicted octanol–water partition coefficient (Wildman–Crippen LogP) is 0.569. The maximum Gasteiger partial charge on any atom is 3.00 e. The molecule has 0 spiro atoms. The van der Waals surface area contributed by atoms with Gasteiger partial charge in [0.1, 0.15) is 0 Å². The van der Waals surface area contributed by atoms with Gasteiger partial charge in [-0.15, -0.1) is 0 Å². The maximum atomic E-state index is 9.76. The van der Waals surface area contributed by atoms with Crippen molar-refractivity contribution in [1.29, 1.82) is 0 Å². The van der Waals surface area contributed by atoms with E-state index in [1.807, 2.05) is 20.8 Å². The monoisotopic (exact) mass is 550 g/mol. The first-order chi connectivity index (χ1) is 11.3. The summed E-state index contributed by atoms with van der Waals surface area (Å²) in [6.07, 6.45) is 9.11. The largest absolute Gasteiger partial charge is 3.00 e. The van der Waals surface area contributed by atoms with Gasteiger partial charge in [0.05, 0.1) is 0 Å². The number of carboxylic acid groups (broad SMARTS) is 3. The van der Waals surface area contributed by atoms with E-state index >= 15 is 0 Å². The number of hydrogen-bond acceptors (Lipinski definition) is 6. The van der Waals surface area contributed by atoms with Gasteiger partial charge in [0, 0.05) is 17.9 Å². The van der Waals surface area contributed by atoms with Gasteiger partial charge in [-0.3, -0.25) is 0 Å². The second-order valence-corrected chi connectivity index (χ2v) is 5.49. The second kappa shape index (κ2) is 28.1. The van der Waals surface area contributed by atoms with Crippen LogP contribution in [-0.2, 0) is 14.4 Å². The predicted molar refractivity (Wildman–Crippen MR) is 93.2 cm³/mol. The molecule has 0 aromatic heterocycles. The fourth-order valence-corrected chi connectivity index (χ4v) is 1.56. The van der Waals surface area contributed by atoms with Gasteiger partial charge in [-0.25, -0.2) is 0 Å². The molecular formula is C18H33O6Tl. The molecule has 0 rings (SSSR count). The van der Waals surface area contributed by atoms with Crippen LogP contribution < -0.4 is 15.3 Å². The molecule has 0 amide bonds. The molecular weight excluding hydrogens is 517 g/mol.